The largest absolute Gasteiger partial charge is 0.370 e. The van der Waals surface area contributed by atoms with Gasteiger partial charge in [-0.3, -0.25) is 4.98 Å². The summed E-state index contributed by atoms with van der Waals surface area (Å²) in [4.78, 5) is 6.40. The molecular formula is C11H18BrN3. The fourth-order valence-electron chi connectivity index (χ4n) is 1.46. The van der Waals surface area contributed by atoms with Gasteiger partial charge in [0.1, 0.15) is 0 Å². The van der Waals surface area contributed by atoms with E-state index < -0.39 is 0 Å². The van der Waals surface area contributed by atoms with Crippen LogP contribution in [0.15, 0.2) is 22.9 Å². The Morgan fingerprint density at radius 2 is 2.27 bits per heavy atom. The molecule has 1 aromatic heterocycles. The van der Waals surface area contributed by atoms with Crippen molar-refractivity contribution in [3.63, 3.8) is 0 Å². The molecule has 0 unspecified atom stereocenters. The summed E-state index contributed by atoms with van der Waals surface area (Å²) in [7, 11) is 0. The zero-order valence-electron chi connectivity index (χ0n) is 9.33. The predicted octanol–water partition coefficient (Wildman–Crippen LogP) is 2.28. The van der Waals surface area contributed by atoms with Crippen LogP contribution in [0.2, 0.25) is 0 Å². The van der Waals surface area contributed by atoms with E-state index >= 15 is 0 Å². The van der Waals surface area contributed by atoms with Crippen molar-refractivity contribution in [2.45, 2.75) is 13.8 Å². The Kier molecular flexibility index (Phi) is 5.65. The molecule has 0 radical (unpaired) electrons. The van der Waals surface area contributed by atoms with Gasteiger partial charge in [0, 0.05) is 32.0 Å². The summed E-state index contributed by atoms with van der Waals surface area (Å²) in [5.41, 5.74) is 1.21. The maximum Gasteiger partial charge on any atom is 0.0592 e. The van der Waals surface area contributed by atoms with E-state index in [1.165, 1.54) is 5.69 Å². The molecule has 4 heteroatoms. The summed E-state index contributed by atoms with van der Waals surface area (Å²) >= 11 is 3.52. The molecule has 3 nitrogen and oxygen atoms in total. The van der Waals surface area contributed by atoms with Gasteiger partial charge in [0.2, 0.25) is 0 Å². The molecule has 84 valence electrons. The number of hydrogen-bond donors (Lipinski definition) is 1. The van der Waals surface area contributed by atoms with Crippen LogP contribution in [0.1, 0.15) is 13.8 Å². The lowest BCUT2D eigenvalue weighted by Crippen LogP contribution is -2.32. The minimum absolute atomic E-state index is 1.01. The lowest BCUT2D eigenvalue weighted by atomic mass is 10.3. The zero-order valence-corrected chi connectivity index (χ0v) is 10.9. The lowest BCUT2D eigenvalue weighted by Gasteiger charge is -2.24. The minimum atomic E-state index is 1.01. The molecule has 0 spiro atoms. The molecule has 0 saturated heterocycles. The summed E-state index contributed by atoms with van der Waals surface area (Å²) in [6.07, 6.45) is 3.67. The number of likely N-dealkylation sites (N-methyl/N-ethyl adjacent to an activating group) is 2. The fourth-order valence-corrected chi connectivity index (χ4v) is 1.97. The Hall–Kier alpha value is -0.610. The number of hydrogen-bond acceptors (Lipinski definition) is 3. The molecule has 1 N–H and O–H groups in total. The van der Waals surface area contributed by atoms with Crippen LogP contribution in [0, 0.1) is 0 Å². The van der Waals surface area contributed by atoms with E-state index in [9.17, 15) is 0 Å². The number of rotatable bonds is 6. The molecular weight excluding hydrogens is 254 g/mol. The van der Waals surface area contributed by atoms with Gasteiger partial charge in [-0.1, -0.05) is 6.92 Å². The number of halogens is 1. The topological polar surface area (TPSA) is 28.2 Å². The van der Waals surface area contributed by atoms with Gasteiger partial charge in [-0.05, 0) is 35.5 Å². The minimum Gasteiger partial charge on any atom is -0.370 e. The van der Waals surface area contributed by atoms with Crippen molar-refractivity contribution >= 4 is 21.6 Å². The third kappa shape index (κ3) is 3.80. The van der Waals surface area contributed by atoms with E-state index in [4.69, 9.17) is 0 Å². The van der Waals surface area contributed by atoms with Crippen molar-refractivity contribution < 1.29 is 0 Å². The van der Waals surface area contributed by atoms with Gasteiger partial charge >= 0.3 is 0 Å². The van der Waals surface area contributed by atoms with E-state index in [0.29, 0.717) is 0 Å². The van der Waals surface area contributed by atoms with Gasteiger partial charge < -0.3 is 10.2 Å². The molecule has 1 aromatic rings. The van der Waals surface area contributed by atoms with E-state index in [2.05, 4.69) is 45.0 Å². The number of anilines is 1. The van der Waals surface area contributed by atoms with Crippen molar-refractivity contribution in [3.8, 4) is 0 Å². The normalized spacial score (nSPS) is 10.3. The van der Waals surface area contributed by atoms with Crippen molar-refractivity contribution in [2.75, 3.05) is 31.1 Å². The van der Waals surface area contributed by atoms with Crippen molar-refractivity contribution in [3.05, 3.63) is 22.9 Å². The quantitative estimate of drug-likeness (QED) is 0.805. The Morgan fingerprint density at radius 1 is 1.47 bits per heavy atom. The van der Waals surface area contributed by atoms with Gasteiger partial charge in [-0.15, -0.1) is 0 Å². The first-order valence-corrected chi connectivity index (χ1v) is 6.14. The van der Waals surface area contributed by atoms with Crippen LogP contribution >= 0.6 is 15.9 Å². The van der Waals surface area contributed by atoms with Gasteiger partial charge in [0.05, 0.1) is 10.2 Å². The SMILES string of the molecule is CCNCCN(CC)c1ccncc1Br. The number of aromatic nitrogens is 1. The predicted molar refractivity (Wildman–Crippen MR) is 68.4 cm³/mol. The Balaban J connectivity index is 2.61. The highest BCUT2D eigenvalue weighted by atomic mass is 79.9. The molecule has 0 bridgehead atoms. The number of nitrogens with zero attached hydrogens (tertiary/aromatic N) is 2. The van der Waals surface area contributed by atoms with Crippen molar-refractivity contribution in [1.82, 2.24) is 10.3 Å². The van der Waals surface area contributed by atoms with E-state index in [1.807, 2.05) is 18.5 Å². The van der Waals surface area contributed by atoms with Crippen LogP contribution in [-0.4, -0.2) is 31.2 Å². The molecule has 0 saturated carbocycles. The molecule has 0 aromatic carbocycles. The fraction of sp³-hybridized carbons (Fsp3) is 0.545. The average Bonchev–Trinajstić information content (AvgIpc) is 2.26. The molecule has 1 rings (SSSR count). The van der Waals surface area contributed by atoms with Gasteiger partial charge in [-0.25, -0.2) is 0 Å². The molecule has 0 atom stereocenters. The second-order valence-electron chi connectivity index (χ2n) is 3.26. The average molecular weight is 272 g/mol. The van der Waals surface area contributed by atoms with Gasteiger partial charge in [0.25, 0.3) is 0 Å². The third-order valence-electron chi connectivity index (χ3n) is 2.28. The summed E-state index contributed by atoms with van der Waals surface area (Å²) < 4.78 is 1.06. The Labute approximate surface area is 100 Å². The second kappa shape index (κ2) is 6.80. The zero-order chi connectivity index (χ0) is 11.1. The van der Waals surface area contributed by atoms with Crippen LogP contribution in [0.4, 0.5) is 5.69 Å². The summed E-state index contributed by atoms with van der Waals surface area (Å²) in [6, 6.07) is 2.04. The van der Waals surface area contributed by atoms with Gasteiger partial charge in [0.15, 0.2) is 0 Å². The monoisotopic (exact) mass is 271 g/mol. The van der Waals surface area contributed by atoms with Crippen LogP contribution in [0.3, 0.4) is 0 Å². The molecule has 0 aliphatic rings. The van der Waals surface area contributed by atoms with Crippen LogP contribution in [0.25, 0.3) is 0 Å². The molecule has 0 aliphatic carbocycles. The first kappa shape index (κ1) is 12.5. The van der Waals surface area contributed by atoms with Crippen molar-refractivity contribution in [2.24, 2.45) is 0 Å². The van der Waals surface area contributed by atoms with Crippen LogP contribution in [0.5, 0.6) is 0 Å². The van der Waals surface area contributed by atoms with Gasteiger partial charge in [-0.2, -0.15) is 0 Å². The van der Waals surface area contributed by atoms with E-state index in [-0.39, 0.29) is 0 Å². The smallest absolute Gasteiger partial charge is 0.0592 e. The maximum atomic E-state index is 4.07. The first-order chi connectivity index (χ1) is 7.29. The van der Waals surface area contributed by atoms with Crippen molar-refractivity contribution in [1.29, 1.82) is 0 Å². The molecule has 15 heavy (non-hydrogen) atoms. The molecule has 0 fully saturated rings. The van der Waals surface area contributed by atoms with Crippen LogP contribution in [-0.2, 0) is 0 Å². The maximum absolute atomic E-state index is 4.07. The number of pyridine rings is 1. The summed E-state index contributed by atoms with van der Waals surface area (Å²) in [5, 5.41) is 3.33. The number of nitrogens with one attached hydrogen (secondary N) is 1. The highest BCUT2D eigenvalue weighted by molar-refractivity contribution is 9.10. The summed E-state index contributed by atoms with van der Waals surface area (Å²) in [6.45, 7) is 8.35. The highest BCUT2D eigenvalue weighted by Crippen LogP contribution is 2.23. The molecule has 0 aliphatic heterocycles. The molecule has 1 heterocycles. The lowest BCUT2D eigenvalue weighted by molar-refractivity contribution is 0.687. The third-order valence-corrected chi connectivity index (χ3v) is 2.89. The van der Waals surface area contributed by atoms with E-state index in [0.717, 1.165) is 30.7 Å². The standard InChI is InChI=1S/C11H18BrN3/c1-3-13-7-8-15(4-2)11-5-6-14-9-10(11)12/h5-6,9,13H,3-4,7-8H2,1-2H3. The van der Waals surface area contributed by atoms with Crippen LogP contribution < -0.4 is 10.2 Å². The Morgan fingerprint density at radius 3 is 2.87 bits per heavy atom. The Bertz CT molecular complexity index is 291. The van der Waals surface area contributed by atoms with E-state index in [1.54, 1.807) is 0 Å². The molecule has 0 amide bonds. The highest BCUT2D eigenvalue weighted by Gasteiger charge is 2.06. The second-order valence-corrected chi connectivity index (χ2v) is 4.11. The first-order valence-electron chi connectivity index (χ1n) is 5.34. The summed E-state index contributed by atoms with van der Waals surface area (Å²) in [5.74, 6) is 0.